The van der Waals surface area contributed by atoms with Crippen molar-refractivity contribution in [2.45, 2.75) is 18.9 Å². The summed E-state index contributed by atoms with van der Waals surface area (Å²) < 4.78 is 5.19. The van der Waals surface area contributed by atoms with Crippen molar-refractivity contribution in [2.24, 2.45) is 5.73 Å². The number of carbonyl (C=O) groups excluding carboxylic acids is 1. The number of benzene rings is 1. The molecule has 0 unspecified atom stereocenters. The molecule has 0 aliphatic heterocycles. The average molecular weight is 275 g/mol. The molecule has 0 aliphatic rings. The first-order valence-electron chi connectivity index (χ1n) is 6.24. The summed E-state index contributed by atoms with van der Waals surface area (Å²) in [5.74, 6) is -0.333. The van der Waals surface area contributed by atoms with Crippen LogP contribution >= 0.6 is 11.3 Å². The van der Waals surface area contributed by atoms with Gasteiger partial charge in [-0.3, -0.25) is 4.79 Å². The molecule has 0 amide bonds. The highest BCUT2D eigenvalue weighted by atomic mass is 32.1. The molecule has 4 heteroatoms. The predicted molar refractivity (Wildman–Crippen MR) is 77.1 cm³/mol. The molecular formula is C15H17NO2S. The van der Waals surface area contributed by atoms with E-state index in [-0.39, 0.29) is 5.97 Å². The predicted octanol–water partition coefficient (Wildman–Crippen LogP) is 2.40. The molecule has 1 aromatic carbocycles. The number of thiophene rings is 1. The third-order valence-corrected chi connectivity index (χ3v) is 3.71. The quantitative estimate of drug-likeness (QED) is 0.824. The number of nitrogens with two attached hydrogens (primary N) is 1. The fourth-order valence-electron chi connectivity index (χ4n) is 1.77. The lowest BCUT2D eigenvalue weighted by molar-refractivity contribution is -0.145. The van der Waals surface area contributed by atoms with E-state index in [1.54, 1.807) is 11.3 Å². The summed E-state index contributed by atoms with van der Waals surface area (Å²) in [5, 5.41) is 2.01. The van der Waals surface area contributed by atoms with Crippen LogP contribution in [0.5, 0.6) is 0 Å². The Morgan fingerprint density at radius 2 is 2.00 bits per heavy atom. The van der Waals surface area contributed by atoms with Crippen LogP contribution in [0.3, 0.4) is 0 Å². The lowest BCUT2D eigenvalue weighted by Gasteiger charge is -2.11. The van der Waals surface area contributed by atoms with Crippen LogP contribution in [-0.2, 0) is 22.4 Å². The van der Waals surface area contributed by atoms with Gasteiger partial charge in [-0.2, -0.15) is 0 Å². The van der Waals surface area contributed by atoms with E-state index in [2.05, 4.69) is 0 Å². The summed E-state index contributed by atoms with van der Waals surface area (Å²) in [7, 11) is 0. The van der Waals surface area contributed by atoms with Crippen LogP contribution in [-0.4, -0.2) is 18.6 Å². The molecule has 0 fully saturated rings. The third-order valence-electron chi connectivity index (χ3n) is 2.77. The zero-order valence-corrected chi connectivity index (χ0v) is 11.4. The smallest absolute Gasteiger partial charge is 0.323 e. The molecule has 100 valence electrons. The molecule has 1 atom stereocenters. The van der Waals surface area contributed by atoms with E-state index >= 15 is 0 Å². The summed E-state index contributed by atoms with van der Waals surface area (Å²) in [4.78, 5) is 12.9. The van der Waals surface area contributed by atoms with Gasteiger partial charge in [0.1, 0.15) is 6.04 Å². The molecule has 2 rings (SSSR count). The highest BCUT2D eigenvalue weighted by Gasteiger charge is 2.15. The van der Waals surface area contributed by atoms with Gasteiger partial charge < -0.3 is 10.5 Å². The lowest BCUT2D eigenvalue weighted by atomic mass is 10.1. The largest absolute Gasteiger partial charge is 0.464 e. The Kier molecular flexibility index (Phi) is 5.12. The molecule has 1 heterocycles. The van der Waals surface area contributed by atoms with Crippen molar-refractivity contribution in [3.05, 3.63) is 58.3 Å². The van der Waals surface area contributed by atoms with Gasteiger partial charge in [0.05, 0.1) is 6.61 Å². The number of esters is 1. The number of ether oxygens (including phenoxy) is 1. The monoisotopic (exact) mass is 275 g/mol. The summed E-state index contributed by atoms with van der Waals surface area (Å²) in [6, 6.07) is 13.1. The van der Waals surface area contributed by atoms with Crippen molar-refractivity contribution in [3.8, 4) is 0 Å². The van der Waals surface area contributed by atoms with Crippen molar-refractivity contribution in [1.29, 1.82) is 0 Å². The summed E-state index contributed by atoms with van der Waals surface area (Å²) in [6.07, 6.45) is 1.26. The second kappa shape index (κ2) is 7.07. The number of hydrogen-bond donors (Lipinski definition) is 1. The Hall–Kier alpha value is -1.65. The second-order valence-corrected chi connectivity index (χ2v) is 5.33. The van der Waals surface area contributed by atoms with Gasteiger partial charge in [0.15, 0.2) is 0 Å². The summed E-state index contributed by atoms with van der Waals surface area (Å²) >= 11 is 1.66. The van der Waals surface area contributed by atoms with Gasteiger partial charge in [0.2, 0.25) is 0 Å². The highest BCUT2D eigenvalue weighted by molar-refractivity contribution is 7.09. The van der Waals surface area contributed by atoms with Crippen LogP contribution in [0.15, 0.2) is 47.8 Å². The van der Waals surface area contributed by atoms with Gasteiger partial charge in [0, 0.05) is 11.3 Å². The minimum atomic E-state index is -0.592. The van der Waals surface area contributed by atoms with Crippen LogP contribution in [0.2, 0.25) is 0 Å². The zero-order valence-electron chi connectivity index (χ0n) is 10.6. The standard InChI is InChI=1S/C15H17NO2S/c16-14(11-12-5-2-1-3-6-12)15(17)18-9-8-13-7-4-10-19-13/h1-7,10,14H,8-9,11,16H2/t14-/m0/s1. The molecule has 0 bridgehead atoms. The van der Waals surface area contributed by atoms with Crippen molar-refractivity contribution in [2.75, 3.05) is 6.61 Å². The average Bonchev–Trinajstić information content (AvgIpc) is 2.93. The Balaban J connectivity index is 1.73. The maximum Gasteiger partial charge on any atom is 0.323 e. The fraction of sp³-hybridized carbons (Fsp3) is 0.267. The van der Waals surface area contributed by atoms with Crippen LogP contribution in [0.4, 0.5) is 0 Å². The van der Waals surface area contributed by atoms with Gasteiger partial charge in [-0.1, -0.05) is 36.4 Å². The molecule has 0 aliphatic carbocycles. The molecule has 0 radical (unpaired) electrons. The topological polar surface area (TPSA) is 52.3 Å². The van der Waals surface area contributed by atoms with Crippen molar-refractivity contribution in [1.82, 2.24) is 0 Å². The van der Waals surface area contributed by atoms with E-state index in [0.717, 1.165) is 12.0 Å². The molecular weight excluding hydrogens is 258 g/mol. The van der Waals surface area contributed by atoms with E-state index in [1.165, 1.54) is 4.88 Å². The molecule has 0 saturated carbocycles. The van der Waals surface area contributed by atoms with Gasteiger partial charge >= 0.3 is 5.97 Å². The Morgan fingerprint density at radius 1 is 1.21 bits per heavy atom. The molecule has 2 N–H and O–H groups in total. The minimum absolute atomic E-state index is 0.333. The summed E-state index contributed by atoms with van der Waals surface area (Å²) in [5.41, 5.74) is 6.88. The van der Waals surface area contributed by atoms with E-state index in [0.29, 0.717) is 13.0 Å². The highest BCUT2D eigenvalue weighted by Crippen LogP contribution is 2.09. The molecule has 2 aromatic rings. The third kappa shape index (κ3) is 4.50. The molecule has 3 nitrogen and oxygen atoms in total. The van der Waals surface area contributed by atoms with Gasteiger partial charge in [0.25, 0.3) is 0 Å². The van der Waals surface area contributed by atoms with Crippen molar-refractivity contribution < 1.29 is 9.53 Å². The fourth-order valence-corrected chi connectivity index (χ4v) is 2.46. The minimum Gasteiger partial charge on any atom is -0.464 e. The number of hydrogen-bond acceptors (Lipinski definition) is 4. The number of carbonyl (C=O) groups is 1. The van der Waals surface area contributed by atoms with Crippen LogP contribution in [0.25, 0.3) is 0 Å². The molecule has 1 aromatic heterocycles. The molecule has 0 spiro atoms. The number of rotatable bonds is 6. The van der Waals surface area contributed by atoms with Crippen molar-refractivity contribution in [3.63, 3.8) is 0 Å². The Morgan fingerprint density at radius 3 is 2.68 bits per heavy atom. The first-order chi connectivity index (χ1) is 9.25. The van der Waals surface area contributed by atoms with Crippen molar-refractivity contribution >= 4 is 17.3 Å². The maximum absolute atomic E-state index is 11.7. The zero-order chi connectivity index (χ0) is 13.5. The maximum atomic E-state index is 11.7. The van der Waals surface area contributed by atoms with E-state index in [4.69, 9.17) is 10.5 Å². The van der Waals surface area contributed by atoms with Gasteiger partial charge in [-0.25, -0.2) is 0 Å². The van der Waals surface area contributed by atoms with Crippen LogP contribution in [0, 0.1) is 0 Å². The second-order valence-electron chi connectivity index (χ2n) is 4.29. The SMILES string of the molecule is N[C@@H](Cc1ccccc1)C(=O)OCCc1cccs1. The normalized spacial score (nSPS) is 12.1. The first kappa shape index (κ1) is 13.8. The molecule has 19 heavy (non-hydrogen) atoms. The van der Waals surface area contributed by atoms with Crippen LogP contribution < -0.4 is 5.73 Å². The molecule has 0 saturated heterocycles. The van der Waals surface area contributed by atoms with E-state index < -0.39 is 6.04 Å². The Bertz CT molecular complexity index is 496. The van der Waals surface area contributed by atoms with E-state index in [9.17, 15) is 4.79 Å². The first-order valence-corrected chi connectivity index (χ1v) is 7.12. The lowest BCUT2D eigenvalue weighted by Crippen LogP contribution is -2.34. The van der Waals surface area contributed by atoms with E-state index in [1.807, 2.05) is 47.8 Å². The summed E-state index contributed by atoms with van der Waals surface area (Å²) in [6.45, 7) is 0.391. The van der Waals surface area contributed by atoms with Gasteiger partial charge in [-0.05, 0) is 23.4 Å². The Labute approximate surface area is 117 Å². The van der Waals surface area contributed by atoms with Crippen LogP contribution in [0.1, 0.15) is 10.4 Å². The van der Waals surface area contributed by atoms with Gasteiger partial charge in [-0.15, -0.1) is 11.3 Å².